The topological polar surface area (TPSA) is 26.0 Å². The molecule has 0 spiro atoms. The first kappa shape index (κ1) is 19.3. The van der Waals surface area contributed by atoms with Gasteiger partial charge in [0, 0.05) is 6.04 Å². The zero-order valence-corrected chi connectivity index (χ0v) is 11.4. The third kappa shape index (κ3) is 22.6. The van der Waals surface area contributed by atoms with Crippen molar-refractivity contribution in [1.29, 1.82) is 0 Å². The lowest BCUT2D eigenvalue weighted by Gasteiger charge is -2.10. The Hall–Kier alpha value is -0.300. The third-order valence-corrected chi connectivity index (χ3v) is 1.31. The molecule has 0 aliphatic rings. The van der Waals surface area contributed by atoms with E-state index in [-0.39, 0.29) is 6.04 Å². The molecule has 2 N–H and O–H groups in total. The molecule has 0 rings (SSSR count). The first-order chi connectivity index (χ1) is 6.52. The van der Waals surface area contributed by atoms with E-state index in [1.807, 2.05) is 34.6 Å². The summed E-state index contributed by atoms with van der Waals surface area (Å²) in [5, 5.41) is 0. The van der Waals surface area contributed by atoms with Crippen LogP contribution < -0.4 is 5.73 Å². The molecule has 0 saturated carbocycles. The third-order valence-electron chi connectivity index (χ3n) is 1.31. The number of nitrogens with two attached hydrogens (primary N) is 1. The van der Waals surface area contributed by atoms with E-state index in [4.69, 9.17) is 5.73 Å². The Morgan fingerprint density at radius 2 is 1.36 bits per heavy atom. The average Bonchev–Trinajstić information content (AvgIpc) is 2.08. The Bertz CT molecular complexity index is 91.8. The SMILES string of the molecule is C=C(CC(C)C)CC(C)N.CC.CC. The van der Waals surface area contributed by atoms with Gasteiger partial charge in [-0.1, -0.05) is 53.7 Å². The van der Waals surface area contributed by atoms with Gasteiger partial charge in [-0.2, -0.15) is 0 Å². The van der Waals surface area contributed by atoms with Crippen LogP contribution in [-0.2, 0) is 0 Å². The first-order valence-electron chi connectivity index (χ1n) is 5.94. The van der Waals surface area contributed by atoms with E-state index in [1.54, 1.807) is 0 Å². The highest BCUT2D eigenvalue weighted by atomic mass is 14.6. The molecule has 0 aromatic carbocycles. The maximum atomic E-state index is 5.61. The minimum atomic E-state index is 0.270. The van der Waals surface area contributed by atoms with Gasteiger partial charge in [-0.25, -0.2) is 0 Å². The van der Waals surface area contributed by atoms with Gasteiger partial charge in [0.1, 0.15) is 0 Å². The molecule has 0 fully saturated rings. The molecule has 88 valence electrons. The van der Waals surface area contributed by atoms with Crippen LogP contribution in [0.2, 0.25) is 0 Å². The summed E-state index contributed by atoms with van der Waals surface area (Å²) in [6.07, 6.45) is 2.08. The van der Waals surface area contributed by atoms with Crippen molar-refractivity contribution in [1.82, 2.24) is 0 Å². The molecule has 1 heteroatoms. The standard InChI is InChI=1S/C9H19N.2C2H6/c1-7(2)5-8(3)6-9(4)10;2*1-2/h7,9H,3,5-6,10H2,1-2,4H3;2*1-2H3. The minimum absolute atomic E-state index is 0.270. The van der Waals surface area contributed by atoms with Crippen LogP contribution in [0.5, 0.6) is 0 Å². The summed E-state index contributed by atoms with van der Waals surface area (Å²) in [6.45, 7) is 18.4. The fourth-order valence-corrected chi connectivity index (χ4v) is 1.12. The lowest BCUT2D eigenvalue weighted by molar-refractivity contribution is 0.604. The lowest BCUT2D eigenvalue weighted by atomic mass is 9.99. The average molecular weight is 201 g/mol. The summed E-state index contributed by atoms with van der Waals surface area (Å²) in [6, 6.07) is 0.270. The van der Waals surface area contributed by atoms with Gasteiger partial charge in [0.05, 0.1) is 0 Å². The Morgan fingerprint density at radius 1 is 1.00 bits per heavy atom. The van der Waals surface area contributed by atoms with E-state index in [1.165, 1.54) is 5.57 Å². The zero-order chi connectivity index (χ0) is 12.1. The molecular weight excluding hydrogens is 170 g/mol. The zero-order valence-electron chi connectivity index (χ0n) is 11.4. The predicted molar refractivity (Wildman–Crippen MR) is 69.6 cm³/mol. The second-order valence-electron chi connectivity index (χ2n) is 3.53. The maximum absolute atomic E-state index is 5.61. The van der Waals surface area contributed by atoms with Crippen LogP contribution in [0, 0.1) is 5.92 Å². The van der Waals surface area contributed by atoms with E-state index >= 15 is 0 Å². The molecule has 14 heavy (non-hydrogen) atoms. The van der Waals surface area contributed by atoms with Crippen LogP contribution in [0.15, 0.2) is 12.2 Å². The highest BCUT2D eigenvalue weighted by Crippen LogP contribution is 2.12. The summed E-state index contributed by atoms with van der Waals surface area (Å²) < 4.78 is 0. The van der Waals surface area contributed by atoms with Crippen molar-refractivity contribution in [3.63, 3.8) is 0 Å². The molecular formula is C13H31N. The molecule has 0 heterocycles. The second kappa shape index (κ2) is 15.2. The fraction of sp³-hybridized carbons (Fsp3) is 0.846. The Kier molecular flexibility index (Phi) is 20.9. The second-order valence-corrected chi connectivity index (χ2v) is 3.53. The van der Waals surface area contributed by atoms with E-state index in [0.717, 1.165) is 12.8 Å². The molecule has 1 atom stereocenters. The maximum Gasteiger partial charge on any atom is 0.00475 e. The highest BCUT2D eigenvalue weighted by molar-refractivity contribution is 4.96. The smallest absolute Gasteiger partial charge is 0.00475 e. The number of rotatable bonds is 4. The van der Waals surface area contributed by atoms with Gasteiger partial charge in [0.2, 0.25) is 0 Å². The molecule has 0 aliphatic heterocycles. The summed E-state index contributed by atoms with van der Waals surface area (Å²) in [7, 11) is 0. The Balaban J connectivity index is -0.000000266. The van der Waals surface area contributed by atoms with Crippen LogP contribution in [-0.4, -0.2) is 6.04 Å². The molecule has 1 unspecified atom stereocenters. The van der Waals surface area contributed by atoms with Crippen LogP contribution in [0.4, 0.5) is 0 Å². The lowest BCUT2D eigenvalue weighted by Crippen LogP contribution is -2.15. The van der Waals surface area contributed by atoms with Gasteiger partial charge < -0.3 is 5.73 Å². The van der Waals surface area contributed by atoms with Gasteiger partial charge in [-0.3, -0.25) is 0 Å². The van der Waals surface area contributed by atoms with Gasteiger partial charge in [0.15, 0.2) is 0 Å². The van der Waals surface area contributed by atoms with Crippen LogP contribution in [0.1, 0.15) is 61.3 Å². The molecule has 0 aliphatic carbocycles. The largest absolute Gasteiger partial charge is 0.328 e. The summed E-state index contributed by atoms with van der Waals surface area (Å²) in [5.74, 6) is 0.714. The molecule has 0 bridgehead atoms. The van der Waals surface area contributed by atoms with E-state index in [0.29, 0.717) is 5.92 Å². The molecule has 0 aromatic rings. The van der Waals surface area contributed by atoms with Crippen molar-refractivity contribution < 1.29 is 0 Å². The molecule has 1 nitrogen and oxygen atoms in total. The predicted octanol–water partition coefficient (Wildman–Crippen LogP) is 4.38. The van der Waals surface area contributed by atoms with E-state index in [2.05, 4.69) is 20.4 Å². The van der Waals surface area contributed by atoms with Gasteiger partial charge in [0.25, 0.3) is 0 Å². The van der Waals surface area contributed by atoms with Crippen LogP contribution in [0.25, 0.3) is 0 Å². The quantitative estimate of drug-likeness (QED) is 0.671. The first-order valence-corrected chi connectivity index (χ1v) is 5.94. The molecule has 0 amide bonds. The summed E-state index contributed by atoms with van der Waals surface area (Å²) in [4.78, 5) is 0. The fourth-order valence-electron chi connectivity index (χ4n) is 1.12. The highest BCUT2D eigenvalue weighted by Gasteiger charge is 2.00. The van der Waals surface area contributed by atoms with E-state index in [9.17, 15) is 0 Å². The van der Waals surface area contributed by atoms with Crippen molar-refractivity contribution in [2.45, 2.75) is 67.3 Å². The Labute approximate surface area is 91.8 Å². The monoisotopic (exact) mass is 201 g/mol. The van der Waals surface area contributed by atoms with Gasteiger partial charge in [-0.15, -0.1) is 0 Å². The summed E-state index contributed by atoms with van der Waals surface area (Å²) >= 11 is 0. The normalized spacial score (nSPS) is 10.6. The van der Waals surface area contributed by atoms with Crippen molar-refractivity contribution in [2.75, 3.05) is 0 Å². The van der Waals surface area contributed by atoms with Crippen LogP contribution >= 0.6 is 0 Å². The number of hydrogen-bond donors (Lipinski definition) is 1. The van der Waals surface area contributed by atoms with Crippen LogP contribution in [0.3, 0.4) is 0 Å². The van der Waals surface area contributed by atoms with Crippen molar-refractivity contribution >= 4 is 0 Å². The molecule has 0 aromatic heterocycles. The Morgan fingerprint density at radius 3 is 1.57 bits per heavy atom. The number of hydrogen-bond acceptors (Lipinski definition) is 1. The molecule has 0 radical (unpaired) electrons. The van der Waals surface area contributed by atoms with Gasteiger partial charge >= 0.3 is 0 Å². The summed E-state index contributed by atoms with van der Waals surface area (Å²) in [5.41, 5.74) is 6.89. The molecule has 0 saturated heterocycles. The van der Waals surface area contributed by atoms with Crippen molar-refractivity contribution in [2.24, 2.45) is 11.7 Å². The van der Waals surface area contributed by atoms with E-state index < -0.39 is 0 Å². The van der Waals surface area contributed by atoms with Gasteiger partial charge in [-0.05, 0) is 25.7 Å². The minimum Gasteiger partial charge on any atom is -0.328 e. The van der Waals surface area contributed by atoms with Crippen molar-refractivity contribution in [3.8, 4) is 0 Å². The van der Waals surface area contributed by atoms with Crippen molar-refractivity contribution in [3.05, 3.63) is 12.2 Å².